The lowest BCUT2D eigenvalue weighted by Gasteiger charge is -2.09. The number of aromatic carboxylic acids is 1. The van der Waals surface area contributed by atoms with Crippen molar-refractivity contribution in [2.24, 2.45) is 0 Å². The van der Waals surface area contributed by atoms with Crippen LogP contribution >= 0.6 is 23.2 Å². The number of hydrogen-bond donors (Lipinski definition) is 1. The maximum Gasteiger partial charge on any atom is 0.337 e. The van der Waals surface area contributed by atoms with Crippen molar-refractivity contribution >= 4 is 29.2 Å². The van der Waals surface area contributed by atoms with Gasteiger partial charge < -0.3 is 14.6 Å². The van der Waals surface area contributed by atoms with Gasteiger partial charge in [0.15, 0.2) is 0 Å². The lowest BCUT2D eigenvalue weighted by atomic mass is 10.2. The molecule has 2 rings (SSSR count). The second kappa shape index (κ2) is 7.20. The van der Waals surface area contributed by atoms with E-state index in [0.717, 1.165) is 0 Å². The van der Waals surface area contributed by atoms with E-state index in [1.165, 1.54) is 12.1 Å². The molecule has 6 heteroatoms. The summed E-state index contributed by atoms with van der Waals surface area (Å²) in [7, 11) is 0. The minimum atomic E-state index is -1.10. The molecule has 0 fully saturated rings. The van der Waals surface area contributed by atoms with Crippen LogP contribution in [-0.4, -0.2) is 24.3 Å². The first-order valence-corrected chi connectivity index (χ1v) is 6.86. The number of carboxylic acids is 1. The molecule has 1 N–H and O–H groups in total. The number of carbonyl (C=O) groups is 1. The summed E-state index contributed by atoms with van der Waals surface area (Å²) in [5.74, 6) is -0.0273. The average molecular weight is 327 g/mol. The molecular formula is C15H12Cl2O4. The second-order valence-corrected chi connectivity index (χ2v) is 4.94. The average Bonchev–Trinajstić information content (AvgIpc) is 2.45. The van der Waals surface area contributed by atoms with Gasteiger partial charge in [0.05, 0.1) is 10.6 Å². The molecule has 0 aromatic heterocycles. The molecule has 2 aromatic carbocycles. The Balaban J connectivity index is 1.86. The van der Waals surface area contributed by atoms with Gasteiger partial charge >= 0.3 is 5.97 Å². The van der Waals surface area contributed by atoms with E-state index in [4.69, 9.17) is 37.8 Å². The Morgan fingerprint density at radius 2 is 1.67 bits per heavy atom. The third-order valence-electron chi connectivity index (χ3n) is 2.59. The highest BCUT2D eigenvalue weighted by Crippen LogP contribution is 2.22. The second-order valence-electron chi connectivity index (χ2n) is 4.10. The molecule has 0 radical (unpaired) electrons. The summed E-state index contributed by atoms with van der Waals surface area (Å²) in [4.78, 5) is 10.9. The first kappa shape index (κ1) is 15.5. The fraction of sp³-hybridized carbons (Fsp3) is 0.133. The minimum Gasteiger partial charge on any atom is -0.490 e. The van der Waals surface area contributed by atoms with Gasteiger partial charge in [-0.25, -0.2) is 4.79 Å². The number of carboxylic acid groups (broad SMARTS) is 1. The Labute approximate surface area is 131 Å². The Hall–Kier alpha value is -1.91. The molecule has 0 bridgehead atoms. The summed E-state index contributed by atoms with van der Waals surface area (Å²) in [5.41, 5.74) is 0.00456. The van der Waals surface area contributed by atoms with Gasteiger partial charge in [-0.3, -0.25) is 0 Å². The van der Waals surface area contributed by atoms with Crippen LogP contribution in [0.5, 0.6) is 11.5 Å². The molecule has 0 aliphatic heterocycles. The molecule has 110 valence electrons. The van der Waals surface area contributed by atoms with Gasteiger partial charge in [0.2, 0.25) is 0 Å². The number of ether oxygens (including phenoxy) is 2. The van der Waals surface area contributed by atoms with Gasteiger partial charge in [0, 0.05) is 5.02 Å². The van der Waals surface area contributed by atoms with Crippen molar-refractivity contribution < 1.29 is 19.4 Å². The van der Waals surface area contributed by atoms with Crippen LogP contribution in [0.4, 0.5) is 0 Å². The van der Waals surface area contributed by atoms with Gasteiger partial charge in [-0.1, -0.05) is 29.3 Å². The molecule has 0 aliphatic carbocycles. The number of benzene rings is 2. The minimum absolute atomic E-state index is 0.00456. The summed E-state index contributed by atoms with van der Waals surface area (Å²) in [6.45, 7) is 0.582. The van der Waals surface area contributed by atoms with Gasteiger partial charge in [0.25, 0.3) is 0 Å². The standard InChI is InChI=1S/C15H12Cl2O4/c16-10-2-1-3-11(8-10)20-6-7-21-12-4-5-14(17)13(9-12)15(18)19/h1-5,8-9H,6-7H2,(H,18,19). The maximum absolute atomic E-state index is 10.9. The van der Waals surface area contributed by atoms with Crippen LogP contribution in [0.2, 0.25) is 10.0 Å². The summed E-state index contributed by atoms with van der Waals surface area (Å²) >= 11 is 11.6. The zero-order valence-corrected chi connectivity index (χ0v) is 12.4. The van der Waals surface area contributed by atoms with E-state index in [-0.39, 0.29) is 17.2 Å². The van der Waals surface area contributed by atoms with E-state index in [9.17, 15) is 4.79 Å². The summed E-state index contributed by atoms with van der Waals surface area (Å²) in [6, 6.07) is 11.5. The van der Waals surface area contributed by atoms with Gasteiger partial charge in [-0.2, -0.15) is 0 Å². The van der Waals surface area contributed by atoms with Crippen molar-refractivity contribution in [1.82, 2.24) is 0 Å². The number of rotatable bonds is 6. The molecule has 21 heavy (non-hydrogen) atoms. The zero-order valence-electron chi connectivity index (χ0n) is 10.9. The molecule has 0 atom stereocenters. The van der Waals surface area contributed by atoms with Crippen molar-refractivity contribution in [3.05, 3.63) is 58.1 Å². The summed E-state index contributed by atoms with van der Waals surface area (Å²) in [6.07, 6.45) is 0. The molecule has 0 amide bonds. The largest absolute Gasteiger partial charge is 0.490 e. The smallest absolute Gasteiger partial charge is 0.337 e. The van der Waals surface area contributed by atoms with E-state index < -0.39 is 5.97 Å². The first-order valence-electron chi connectivity index (χ1n) is 6.10. The van der Waals surface area contributed by atoms with Gasteiger partial charge in [-0.15, -0.1) is 0 Å². The van der Waals surface area contributed by atoms with E-state index >= 15 is 0 Å². The summed E-state index contributed by atoms with van der Waals surface area (Å²) < 4.78 is 10.9. The Kier molecular flexibility index (Phi) is 5.31. The fourth-order valence-electron chi connectivity index (χ4n) is 1.63. The number of hydrogen-bond acceptors (Lipinski definition) is 3. The van der Waals surface area contributed by atoms with Crippen LogP contribution in [0.1, 0.15) is 10.4 Å². The maximum atomic E-state index is 10.9. The van der Waals surface area contributed by atoms with E-state index in [2.05, 4.69) is 0 Å². The third kappa shape index (κ3) is 4.55. The number of halogens is 2. The zero-order chi connectivity index (χ0) is 15.2. The van der Waals surface area contributed by atoms with Crippen molar-refractivity contribution in [2.45, 2.75) is 0 Å². The predicted molar refractivity (Wildman–Crippen MR) is 80.9 cm³/mol. The van der Waals surface area contributed by atoms with Crippen molar-refractivity contribution in [1.29, 1.82) is 0 Å². The molecule has 0 spiro atoms. The van der Waals surface area contributed by atoms with E-state index in [1.54, 1.807) is 30.3 Å². The van der Waals surface area contributed by atoms with Crippen molar-refractivity contribution in [3.8, 4) is 11.5 Å². The van der Waals surface area contributed by atoms with Crippen LogP contribution in [0.3, 0.4) is 0 Å². The first-order chi connectivity index (χ1) is 10.1. The Morgan fingerprint density at radius 1 is 1.00 bits per heavy atom. The Morgan fingerprint density at radius 3 is 2.29 bits per heavy atom. The van der Waals surface area contributed by atoms with Crippen LogP contribution in [0.25, 0.3) is 0 Å². The monoisotopic (exact) mass is 326 g/mol. The lowest BCUT2D eigenvalue weighted by Crippen LogP contribution is -2.09. The molecule has 0 unspecified atom stereocenters. The fourth-order valence-corrected chi connectivity index (χ4v) is 2.01. The molecule has 4 nitrogen and oxygen atoms in total. The molecule has 0 heterocycles. The molecule has 2 aromatic rings. The quantitative estimate of drug-likeness (QED) is 0.810. The molecule has 0 saturated carbocycles. The highest BCUT2D eigenvalue weighted by atomic mass is 35.5. The highest BCUT2D eigenvalue weighted by molar-refractivity contribution is 6.33. The normalized spacial score (nSPS) is 10.2. The van der Waals surface area contributed by atoms with E-state index in [1.807, 2.05) is 0 Å². The van der Waals surface area contributed by atoms with Gasteiger partial charge in [0.1, 0.15) is 24.7 Å². The predicted octanol–water partition coefficient (Wildman–Crippen LogP) is 4.15. The van der Waals surface area contributed by atoms with Crippen molar-refractivity contribution in [3.63, 3.8) is 0 Å². The third-order valence-corrected chi connectivity index (χ3v) is 3.15. The van der Waals surface area contributed by atoms with Crippen LogP contribution in [-0.2, 0) is 0 Å². The van der Waals surface area contributed by atoms with Crippen LogP contribution in [0.15, 0.2) is 42.5 Å². The highest BCUT2D eigenvalue weighted by Gasteiger charge is 2.09. The van der Waals surface area contributed by atoms with Crippen LogP contribution < -0.4 is 9.47 Å². The molecule has 0 saturated heterocycles. The van der Waals surface area contributed by atoms with Crippen molar-refractivity contribution in [2.75, 3.05) is 13.2 Å². The topological polar surface area (TPSA) is 55.8 Å². The SMILES string of the molecule is O=C(O)c1cc(OCCOc2cccc(Cl)c2)ccc1Cl. The molecular weight excluding hydrogens is 315 g/mol. The molecule has 0 aliphatic rings. The van der Waals surface area contributed by atoms with E-state index in [0.29, 0.717) is 23.1 Å². The summed E-state index contributed by atoms with van der Waals surface area (Å²) in [5, 5.41) is 9.73. The van der Waals surface area contributed by atoms with Gasteiger partial charge in [-0.05, 0) is 36.4 Å². The Bertz CT molecular complexity index is 643. The van der Waals surface area contributed by atoms with Crippen LogP contribution in [0, 0.1) is 0 Å². The lowest BCUT2D eigenvalue weighted by molar-refractivity contribution is 0.0696.